The van der Waals surface area contributed by atoms with Gasteiger partial charge in [0.05, 0.1) is 10.6 Å². The van der Waals surface area contributed by atoms with Crippen LogP contribution < -0.4 is 9.62 Å². The van der Waals surface area contributed by atoms with Gasteiger partial charge in [-0.25, -0.2) is 12.8 Å². The van der Waals surface area contributed by atoms with Gasteiger partial charge in [-0.15, -0.1) is 0 Å². The van der Waals surface area contributed by atoms with Crippen LogP contribution in [-0.2, 0) is 16.4 Å². The topological polar surface area (TPSA) is 66.5 Å². The van der Waals surface area contributed by atoms with E-state index in [1.807, 2.05) is 49.4 Å². The van der Waals surface area contributed by atoms with E-state index in [2.05, 4.69) is 5.32 Å². The number of fused-ring (bicyclic) bond motifs is 2. The number of carbonyl (C=O) groups is 1. The zero-order chi connectivity index (χ0) is 23.2. The van der Waals surface area contributed by atoms with Crippen molar-refractivity contribution in [2.24, 2.45) is 0 Å². The molecule has 5 rings (SSSR count). The maximum Gasteiger partial charge on any atom is 0.264 e. The lowest BCUT2D eigenvalue weighted by Crippen LogP contribution is -2.35. The van der Waals surface area contributed by atoms with Crippen LogP contribution in [0.15, 0.2) is 89.8 Å². The molecule has 1 amide bonds. The fourth-order valence-corrected chi connectivity index (χ4v) is 6.05. The van der Waals surface area contributed by atoms with Gasteiger partial charge in [0.25, 0.3) is 15.9 Å². The lowest BCUT2D eigenvalue weighted by atomic mass is 10.1. The number of hydrogen-bond acceptors (Lipinski definition) is 3. The number of hydrogen-bond donors (Lipinski definition) is 1. The minimum atomic E-state index is -3.86. The molecule has 1 heterocycles. The molecule has 0 radical (unpaired) electrons. The molecular formula is C26H21FN2O3S. The van der Waals surface area contributed by atoms with Crippen molar-refractivity contribution in [3.8, 4) is 0 Å². The van der Waals surface area contributed by atoms with Gasteiger partial charge in [-0.2, -0.15) is 0 Å². The first kappa shape index (κ1) is 21.2. The molecule has 0 unspecified atom stereocenters. The van der Waals surface area contributed by atoms with Crippen molar-refractivity contribution in [2.45, 2.75) is 24.3 Å². The normalized spacial score (nSPS) is 15.5. The van der Waals surface area contributed by atoms with Gasteiger partial charge in [-0.1, -0.05) is 36.4 Å². The quantitative estimate of drug-likeness (QED) is 0.445. The standard InChI is InChI=1S/C26H21FN2O3S/c1-17-15-20-16-19(26(30)28-24-8-4-6-18-5-2-3-7-23(18)24)9-14-25(20)29(17)33(31,32)22-12-10-21(27)11-13-22/h2-14,16-17H,15H2,1H3,(H,28,30)/t17-/m0/s1. The van der Waals surface area contributed by atoms with Gasteiger partial charge < -0.3 is 5.32 Å². The van der Waals surface area contributed by atoms with Crippen molar-refractivity contribution in [3.63, 3.8) is 0 Å². The zero-order valence-corrected chi connectivity index (χ0v) is 18.6. The first-order valence-corrected chi connectivity index (χ1v) is 12.0. The van der Waals surface area contributed by atoms with E-state index in [-0.39, 0.29) is 16.8 Å². The second kappa shape index (κ2) is 8.01. The average Bonchev–Trinajstić information content (AvgIpc) is 3.15. The summed E-state index contributed by atoms with van der Waals surface area (Å²) in [5.74, 6) is -0.757. The van der Waals surface area contributed by atoms with Gasteiger partial charge >= 0.3 is 0 Å². The molecule has 0 saturated heterocycles. The molecule has 1 aliphatic rings. The van der Waals surface area contributed by atoms with Crippen LogP contribution in [-0.4, -0.2) is 20.4 Å². The zero-order valence-electron chi connectivity index (χ0n) is 17.8. The molecule has 0 saturated carbocycles. The van der Waals surface area contributed by atoms with E-state index in [0.717, 1.165) is 28.5 Å². The molecular weight excluding hydrogens is 439 g/mol. The van der Waals surface area contributed by atoms with Crippen LogP contribution in [0.5, 0.6) is 0 Å². The third kappa shape index (κ3) is 3.74. The summed E-state index contributed by atoms with van der Waals surface area (Å²) in [5.41, 5.74) is 2.48. The van der Waals surface area contributed by atoms with E-state index in [0.29, 0.717) is 23.4 Å². The predicted molar refractivity (Wildman–Crippen MR) is 128 cm³/mol. The van der Waals surface area contributed by atoms with Gasteiger partial charge in [0, 0.05) is 22.7 Å². The van der Waals surface area contributed by atoms with Crippen molar-refractivity contribution in [1.82, 2.24) is 0 Å². The maximum absolute atomic E-state index is 13.3. The Bertz CT molecular complexity index is 1480. The molecule has 0 fully saturated rings. The molecule has 0 aromatic heterocycles. The fraction of sp³-hybridized carbons (Fsp3) is 0.115. The highest BCUT2D eigenvalue weighted by molar-refractivity contribution is 7.92. The SMILES string of the molecule is C[C@H]1Cc2cc(C(=O)Nc3cccc4ccccc34)ccc2N1S(=O)(=O)c1ccc(F)cc1. The maximum atomic E-state index is 13.3. The Labute approximate surface area is 191 Å². The summed E-state index contributed by atoms with van der Waals surface area (Å²) in [7, 11) is -3.86. The van der Waals surface area contributed by atoms with Crippen LogP contribution in [0, 0.1) is 5.82 Å². The van der Waals surface area contributed by atoms with Crippen LogP contribution in [0.25, 0.3) is 10.8 Å². The van der Waals surface area contributed by atoms with Gasteiger partial charge in [0.15, 0.2) is 0 Å². The van der Waals surface area contributed by atoms with Crippen LogP contribution in [0.2, 0.25) is 0 Å². The monoisotopic (exact) mass is 460 g/mol. The summed E-state index contributed by atoms with van der Waals surface area (Å²) in [6.07, 6.45) is 0.477. The lowest BCUT2D eigenvalue weighted by Gasteiger charge is -2.24. The molecule has 1 aliphatic heterocycles. The van der Waals surface area contributed by atoms with Gasteiger partial charge in [-0.05, 0) is 72.8 Å². The Hall–Kier alpha value is -3.71. The molecule has 33 heavy (non-hydrogen) atoms. The number of sulfonamides is 1. The highest BCUT2D eigenvalue weighted by Crippen LogP contribution is 2.37. The second-order valence-electron chi connectivity index (χ2n) is 8.13. The number of nitrogens with one attached hydrogen (secondary N) is 1. The highest BCUT2D eigenvalue weighted by Gasteiger charge is 2.36. The average molecular weight is 461 g/mol. The fourth-order valence-electron chi connectivity index (χ4n) is 4.36. The number of benzene rings is 4. The molecule has 0 bridgehead atoms. The molecule has 4 aromatic rings. The molecule has 1 N–H and O–H groups in total. The van der Waals surface area contributed by atoms with E-state index < -0.39 is 15.8 Å². The van der Waals surface area contributed by atoms with Crippen molar-refractivity contribution >= 4 is 38.1 Å². The number of anilines is 2. The van der Waals surface area contributed by atoms with Crippen molar-refractivity contribution in [1.29, 1.82) is 0 Å². The minimum absolute atomic E-state index is 0.0291. The molecule has 0 spiro atoms. The Balaban J connectivity index is 1.45. The van der Waals surface area contributed by atoms with Crippen LogP contribution >= 0.6 is 0 Å². The summed E-state index contributed by atoms with van der Waals surface area (Å²) in [4.78, 5) is 13.0. The van der Waals surface area contributed by atoms with E-state index in [1.165, 1.54) is 16.4 Å². The Morgan fingerprint density at radius 2 is 1.70 bits per heavy atom. The number of halogens is 1. The highest BCUT2D eigenvalue weighted by atomic mass is 32.2. The smallest absolute Gasteiger partial charge is 0.264 e. The van der Waals surface area contributed by atoms with Crippen LogP contribution in [0.1, 0.15) is 22.8 Å². The molecule has 7 heteroatoms. The molecule has 1 atom stereocenters. The third-order valence-electron chi connectivity index (χ3n) is 5.90. The summed E-state index contributed by atoms with van der Waals surface area (Å²) in [6.45, 7) is 1.82. The van der Waals surface area contributed by atoms with Gasteiger partial charge in [0.1, 0.15) is 5.82 Å². The second-order valence-corrected chi connectivity index (χ2v) is 9.95. The van der Waals surface area contributed by atoms with Crippen molar-refractivity contribution in [2.75, 3.05) is 9.62 Å². The van der Waals surface area contributed by atoms with E-state index in [1.54, 1.807) is 18.2 Å². The molecule has 0 aliphatic carbocycles. The number of amides is 1. The Morgan fingerprint density at radius 1 is 0.970 bits per heavy atom. The summed E-state index contributed by atoms with van der Waals surface area (Å²) >= 11 is 0. The Kier molecular flexibility index (Phi) is 5.13. The Morgan fingerprint density at radius 3 is 2.48 bits per heavy atom. The number of nitrogens with zero attached hydrogens (tertiary/aromatic N) is 1. The van der Waals surface area contributed by atoms with Crippen molar-refractivity contribution < 1.29 is 17.6 Å². The molecule has 5 nitrogen and oxygen atoms in total. The van der Waals surface area contributed by atoms with E-state index in [4.69, 9.17) is 0 Å². The third-order valence-corrected chi connectivity index (χ3v) is 7.85. The van der Waals surface area contributed by atoms with Gasteiger partial charge in [0.2, 0.25) is 0 Å². The largest absolute Gasteiger partial charge is 0.321 e. The van der Waals surface area contributed by atoms with Gasteiger partial charge in [-0.3, -0.25) is 9.10 Å². The summed E-state index contributed by atoms with van der Waals surface area (Å²) in [6, 6.07) is 23.0. The first-order valence-electron chi connectivity index (χ1n) is 10.6. The molecule has 4 aromatic carbocycles. The summed E-state index contributed by atoms with van der Waals surface area (Å²) < 4.78 is 41.1. The van der Waals surface area contributed by atoms with E-state index >= 15 is 0 Å². The minimum Gasteiger partial charge on any atom is -0.321 e. The lowest BCUT2D eigenvalue weighted by molar-refractivity contribution is 0.102. The van der Waals surface area contributed by atoms with Crippen molar-refractivity contribution in [3.05, 3.63) is 102 Å². The first-order chi connectivity index (χ1) is 15.8. The van der Waals surface area contributed by atoms with E-state index in [9.17, 15) is 17.6 Å². The van der Waals surface area contributed by atoms with Crippen LogP contribution in [0.3, 0.4) is 0 Å². The number of rotatable bonds is 4. The van der Waals surface area contributed by atoms with Crippen LogP contribution in [0.4, 0.5) is 15.8 Å². The predicted octanol–water partition coefficient (Wildman–Crippen LogP) is 5.37. The molecule has 166 valence electrons. The summed E-state index contributed by atoms with van der Waals surface area (Å²) in [5, 5.41) is 4.94. The number of carbonyl (C=O) groups excluding carboxylic acids is 1.